The van der Waals surface area contributed by atoms with Gasteiger partial charge in [0.2, 0.25) is 5.91 Å². The SMILES string of the molecule is O=C(CCCN1C(=O)/C(=C/c2ccccc2Cl)SC1=S)Nc1ccc(F)cc1. The number of nitrogens with zero attached hydrogens (tertiary/aromatic N) is 1. The number of thioether (sulfide) groups is 1. The molecule has 28 heavy (non-hydrogen) atoms. The van der Waals surface area contributed by atoms with Gasteiger partial charge in [0.25, 0.3) is 5.91 Å². The van der Waals surface area contributed by atoms with Crippen LogP contribution in [0.15, 0.2) is 53.4 Å². The van der Waals surface area contributed by atoms with Gasteiger partial charge >= 0.3 is 0 Å². The Labute approximate surface area is 176 Å². The molecule has 4 nitrogen and oxygen atoms in total. The van der Waals surface area contributed by atoms with E-state index in [0.717, 1.165) is 5.56 Å². The Balaban J connectivity index is 1.54. The molecule has 1 N–H and O–H groups in total. The van der Waals surface area contributed by atoms with Crippen molar-refractivity contribution in [3.05, 3.63) is 69.8 Å². The van der Waals surface area contributed by atoms with E-state index < -0.39 is 0 Å². The van der Waals surface area contributed by atoms with Crippen LogP contribution in [0.5, 0.6) is 0 Å². The number of rotatable bonds is 6. The second-order valence-electron chi connectivity index (χ2n) is 6.01. The van der Waals surface area contributed by atoms with Crippen LogP contribution in [0.25, 0.3) is 6.08 Å². The van der Waals surface area contributed by atoms with Crippen molar-refractivity contribution in [3.63, 3.8) is 0 Å². The smallest absolute Gasteiger partial charge is 0.266 e. The van der Waals surface area contributed by atoms with Crippen LogP contribution in [0.1, 0.15) is 18.4 Å². The first-order valence-electron chi connectivity index (χ1n) is 8.49. The molecular weight excluding hydrogens is 419 g/mol. The number of hydrogen-bond acceptors (Lipinski definition) is 4. The third-order valence-corrected chi connectivity index (χ3v) is 5.70. The summed E-state index contributed by atoms with van der Waals surface area (Å²) in [5.74, 6) is -0.755. The molecule has 3 rings (SSSR count). The average molecular weight is 435 g/mol. The van der Waals surface area contributed by atoms with E-state index in [9.17, 15) is 14.0 Å². The van der Waals surface area contributed by atoms with Crippen LogP contribution in [0, 0.1) is 5.82 Å². The van der Waals surface area contributed by atoms with Gasteiger partial charge in [-0.25, -0.2) is 4.39 Å². The van der Waals surface area contributed by atoms with Gasteiger partial charge in [-0.2, -0.15) is 0 Å². The van der Waals surface area contributed by atoms with Gasteiger partial charge in [-0.05, 0) is 48.4 Å². The molecule has 0 saturated carbocycles. The van der Waals surface area contributed by atoms with Crippen LogP contribution in [0.3, 0.4) is 0 Å². The van der Waals surface area contributed by atoms with Crippen molar-refractivity contribution < 1.29 is 14.0 Å². The number of carbonyl (C=O) groups is 2. The maximum atomic E-state index is 12.9. The molecule has 1 aliphatic heterocycles. The maximum Gasteiger partial charge on any atom is 0.266 e. The first-order valence-corrected chi connectivity index (χ1v) is 10.1. The predicted octanol–water partition coefficient (Wildman–Crippen LogP) is 5.10. The third kappa shape index (κ3) is 5.19. The van der Waals surface area contributed by atoms with E-state index in [1.54, 1.807) is 12.1 Å². The average Bonchev–Trinajstić information content (AvgIpc) is 2.93. The van der Waals surface area contributed by atoms with Crippen LogP contribution in [0.4, 0.5) is 10.1 Å². The highest BCUT2D eigenvalue weighted by atomic mass is 35.5. The fourth-order valence-electron chi connectivity index (χ4n) is 2.58. The highest BCUT2D eigenvalue weighted by Crippen LogP contribution is 2.33. The molecule has 144 valence electrons. The molecule has 1 fully saturated rings. The zero-order valence-electron chi connectivity index (χ0n) is 14.7. The van der Waals surface area contributed by atoms with Crippen molar-refractivity contribution in [2.45, 2.75) is 12.8 Å². The van der Waals surface area contributed by atoms with Gasteiger partial charge in [0.1, 0.15) is 10.1 Å². The number of amides is 2. The van der Waals surface area contributed by atoms with E-state index in [2.05, 4.69) is 5.32 Å². The van der Waals surface area contributed by atoms with Crippen LogP contribution >= 0.6 is 35.6 Å². The number of halogens is 2. The van der Waals surface area contributed by atoms with Crippen LogP contribution in [0.2, 0.25) is 5.02 Å². The Hall–Kier alpha value is -2.22. The second kappa shape index (κ2) is 9.32. The molecular formula is C20H16ClFN2O2S2. The summed E-state index contributed by atoms with van der Waals surface area (Å²) >= 11 is 12.7. The Kier molecular flexibility index (Phi) is 6.83. The number of nitrogens with one attached hydrogen (secondary N) is 1. The van der Waals surface area contributed by atoms with E-state index in [1.165, 1.54) is 40.9 Å². The predicted molar refractivity (Wildman–Crippen MR) is 116 cm³/mol. The molecule has 2 aromatic rings. The summed E-state index contributed by atoms with van der Waals surface area (Å²) in [6.45, 7) is 0.349. The normalized spacial score (nSPS) is 15.4. The summed E-state index contributed by atoms with van der Waals surface area (Å²) in [5, 5.41) is 3.25. The maximum absolute atomic E-state index is 12.9. The third-order valence-electron chi connectivity index (χ3n) is 3.98. The largest absolute Gasteiger partial charge is 0.326 e. The van der Waals surface area contributed by atoms with Gasteiger partial charge in [0, 0.05) is 23.7 Å². The van der Waals surface area contributed by atoms with Crippen LogP contribution < -0.4 is 5.32 Å². The second-order valence-corrected chi connectivity index (χ2v) is 8.10. The highest BCUT2D eigenvalue weighted by molar-refractivity contribution is 8.26. The Morgan fingerprint density at radius 3 is 2.64 bits per heavy atom. The summed E-state index contributed by atoms with van der Waals surface area (Å²) < 4.78 is 13.3. The molecule has 1 aliphatic rings. The lowest BCUT2D eigenvalue weighted by atomic mass is 10.2. The molecule has 0 spiro atoms. The zero-order chi connectivity index (χ0) is 20.1. The summed E-state index contributed by atoms with van der Waals surface area (Å²) in [6, 6.07) is 12.8. The summed E-state index contributed by atoms with van der Waals surface area (Å²) in [7, 11) is 0. The van der Waals surface area contributed by atoms with Gasteiger partial charge in [0.15, 0.2) is 0 Å². The molecule has 0 bridgehead atoms. The molecule has 0 aromatic heterocycles. The van der Waals surface area contributed by atoms with Gasteiger partial charge < -0.3 is 5.32 Å². The van der Waals surface area contributed by atoms with E-state index in [4.69, 9.17) is 23.8 Å². The van der Waals surface area contributed by atoms with Gasteiger partial charge in [-0.1, -0.05) is 53.8 Å². The van der Waals surface area contributed by atoms with Crippen molar-refractivity contribution in [2.75, 3.05) is 11.9 Å². The Morgan fingerprint density at radius 1 is 1.21 bits per heavy atom. The molecule has 0 unspecified atom stereocenters. The fraction of sp³-hybridized carbons (Fsp3) is 0.150. The van der Waals surface area contributed by atoms with Crippen LogP contribution in [-0.4, -0.2) is 27.6 Å². The number of benzene rings is 2. The molecule has 2 aromatic carbocycles. The summed E-state index contributed by atoms with van der Waals surface area (Å²) in [6.07, 6.45) is 2.40. The van der Waals surface area contributed by atoms with Gasteiger partial charge in [0.05, 0.1) is 4.91 Å². The molecule has 2 amide bonds. The molecule has 0 aliphatic carbocycles. The lowest BCUT2D eigenvalue weighted by Gasteiger charge is -2.14. The lowest BCUT2D eigenvalue weighted by molar-refractivity contribution is -0.122. The minimum Gasteiger partial charge on any atom is -0.326 e. The Morgan fingerprint density at radius 2 is 1.93 bits per heavy atom. The quantitative estimate of drug-likeness (QED) is 0.507. The molecule has 0 atom stereocenters. The summed E-state index contributed by atoms with van der Waals surface area (Å²) in [5.41, 5.74) is 1.28. The van der Waals surface area contributed by atoms with Crippen molar-refractivity contribution in [3.8, 4) is 0 Å². The monoisotopic (exact) mass is 434 g/mol. The zero-order valence-corrected chi connectivity index (χ0v) is 17.0. The first-order chi connectivity index (χ1) is 13.4. The fourth-order valence-corrected chi connectivity index (χ4v) is 4.07. The van der Waals surface area contributed by atoms with Crippen molar-refractivity contribution in [1.82, 2.24) is 4.90 Å². The van der Waals surface area contributed by atoms with E-state index >= 15 is 0 Å². The Bertz CT molecular complexity index is 947. The van der Waals surface area contributed by atoms with Gasteiger partial charge in [-0.3, -0.25) is 14.5 Å². The van der Waals surface area contributed by atoms with E-state index in [1.807, 2.05) is 18.2 Å². The number of hydrogen-bond donors (Lipinski definition) is 1. The van der Waals surface area contributed by atoms with Gasteiger partial charge in [-0.15, -0.1) is 0 Å². The number of carbonyl (C=O) groups excluding carboxylic acids is 2. The molecule has 1 heterocycles. The first kappa shape index (κ1) is 20.5. The van der Waals surface area contributed by atoms with Crippen molar-refractivity contribution in [1.29, 1.82) is 0 Å². The molecule has 1 saturated heterocycles. The molecule has 0 radical (unpaired) electrons. The van der Waals surface area contributed by atoms with Crippen molar-refractivity contribution >= 4 is 63.5 Å². The molecule has 8 heteroatoms. The minimum atomic E-state index is -0.364. The highest BCUT2D eigenvalue weighted by Gasteiger charge is 2.31. The topological polar surface area (TPSA) is 49.4 Å². The van der Waals surface area contributed by atoms with E-state index in [-0.39, 0.29) is 24.1 Å². The standard InChI is InChI=1S/C20H16ClFN2O2S2/c21-16-5-2-1-4-13(16)12-17-19(26)24(20(27)28-17)11-3-6-18(25)23-15-9-7-14(22)8-10-15/h1-2,4-5,7-10,12H,3,6,11H2,(H,23,25)/b17-12-. The number of anilines is 1. The van der Waals surface area contributed by atoms with E-state index in [0.29, 0.717) is 32.9 Å². The summed E-state index contributed by atoms with van der Waals surface area (Å²) in [4.78, 5) is 26.6. The van der Waals surface area contributed by atoms with Crippen LogP contribution in [-0.2, 0) is 9.59 Å². The minimum absolute atomic E-state index is 0.186. The lowest BCUT2D eigenvalue weighted by Crippen LogP contribution is -2.29. The number of thiocarbonyl (C=S) groups is 1. The van der Waals surface area contributed by atoms with Crippen molar-refractivity contribution in [2.24, 2.45) is 0 Å².